The lowest BCUT2D eigenvalue weighted by atomic mass is 10.2. The second kappa shape index (κ2) is 8.99. The van der Waals surface area contributed by atoms with Crippen LogP contribution < -0.4 is 10.6 Å². The molecule has 0 saturated heterocycles. The molecule has 0 unspecified atom stereocenters. The summed E-state index contributed by atoms with van der Waals surface area (Å²) in [5.41, 5.74) is 2.19. The van der Waals surface area contributed by atoms with Gasteiger partial charge in [-0.15, -0.1) is 35.3 Å². The predicted octanol–water partition coefficient (Wildman–Crippen LogP) is 3.50. The highest BCUT2D eigenvalue weighted by Gasteiger charge is 2.05. The first-order chi connectivity index (χ1) is 9.69. The summed E-state index contributed by atoms with van der Waals surface area (Å²) >= 11 is 1.66. The summed E-state index contributed by atoms with van der Waals surface area (Å²) in [6.07, 6.45) is 0. The lowest BCUT2D eigenvalue weighted by molar-refractivity contribution is 0.697. The van der Waals surface area contributed by atoms with Gasteiger partial charge >= 0.3 is 0 Å². The Bertz CT molecular complexity index is 566. The quantitative estimate of drug-likeness (QED) is 0.456. The van der Waals surface area contributed by atoms with Crippen LogP contribution in [0.15, 0.2) is 40.7 Å². The molecule has 6 heteroatoms. The van der Waals surface area contributed by atoms with E-state index in [0.717, 1.165) is 22.2 Å². The van der Waals surface area contributed by atoms with E-state index in [1.807, 2.05) is 18.2 Å². The molecule has 1 aromatic heterocycles. The van der Waals surface area contributed by atoms with Crippen molar-refractivity contribution in [3.05, 3.63) is 41.4 Å². The number of aromatic nitrogens is 1. The molecule has 0 bridgehead atoms. The molecule has 0 radical (unpaired) electrons. The molecule has 0 amide bonds. The van der Waals surface area contributed by atoms with Gasteiger partial charge in [-0.05, 0) is 13.8 Å². The van der Waals surface area contributed by atoms with Crippen LogP contribution in [0.3, 0.4) is 0 Å². The van der Waals surface area contributed by atoms with E-state index in [1.54, 1.807) is 18.4 Å². The van der Waals surface area contributed by atoms with E-state index >= 15 is 0 Å². The molecule has 4 nitrogen and oxygen atoms in total. The number of hydrogen-bond donors (Lipinski definition) is 2. The molecule has 0 fully saturated rings. The number of thiazole rings is 1. The molecule has 0 spiro atoms. The molecule has 2 rings (SSSR count). The summed E-state index contributed by atoms with van der Waals surface area (Å²) in [7, 11) is 1.77. The first kappa shape index (κ1) is 17.9. The van der Waals surface area contributed by atoms with Crippen molar-refractivity contribution >= 4 is 41.3 Å². The lowest BCUT2D eigenvalue weighted by Crippen LogP contribution is -2.40. The van der Waals surface area contributed by atoms with E-state index in [4.69, 9.17) is 0 Å². The van der Waals surface area contributed by atoms with Gasteiger partial charge in [-0.3, -0.25) is 4.99 Å². The van der Waals surface area contributed by atoms with Crippen molar-refractivity contribution < 1.29 is 0 Å². The van der Waals surface area contributed by atoms with Crippen LogP contribution in [-0.2, 0) is 6.54 Å². The Balaban J connectivity index is 0.00000220. The smallest absolute Gasteiger partial charge is 0.191 e. The normalized spacial score (nSPS) is 11.1. The minimum Gasteiger partial charge on any atom is -0.354 e. The molecule has 0 aliphatic heterocycles. The third-order valence-corrected chi connectivity index (χ3v) is 3.60. The zero-order valence-corrected chi connectivity index (χ0v) is 15.6. The fourth-order valence-electron chi connectivity index (χ4n) is 1.74. The zero-order chi connectivity index (χ0) is 14.4. The van der Waals surface area contributed by atoms with Crippen molar-refractivity contribution in [1.29, 1.82) is 0 Å². The minimum absolute atomic E-state index is 0. The number of hydrogen-bond acceptors (Lipinski definition) is 3. The van der Waals surface area contributed by atoms with Crippen molar-refractivity contribution in [2.45, 2.75) is 26.4 Å². The standard InChI is InChI=1S/C15H20N4S.HI/c1-11(2)18-15(16-3)17-9-13-10-20-14(19-13)12-7-5-4-6-8-12;/h4-8,10-11H,9H2,1-3H3,(H2,16,17,18);1H. The third kappa shape index (κ3) is 5.62. The first-order valence-electron chi connectivity index (χ1n) is 6.66. The van der Waals surface area contributed by atoms with Crippen LogP contribution in [0.5, 0.6) is 0 Å². The van der Waals surface area contributed by atoms with E-state index in [2.05, 4.69) is 52.0 Å². The maximum Gasteiger partial charge on any atom is 0.191 e. The number of aliphatic imine (C=N–C) groups is 1. The van der Waals surface area contributed by atoms with E-state index in [0.29, 0.717) is 12.6 Å². The Kier molecular flexibility index (Phi) is 7.66. The van der Waals surface area contributed by atoms with Gasteiger partial charge in [-0.1, -0.05) is 30.3 Å². The highest BCUT2D eigenvalue weighted by Crippen LogP contribution is 2.22. The monoisotopic (exact) mass is 416 g/mol. The fraction of sp³-hybridized carbons (Fsp3) is 0.333. The molecule has 21 heavy (non-hydrogen) atoms. The van der Waals surface area contributed by atoms with Gasteiger partial charge in [-0.25, -0.2) is 4.98 Å². The van der Waals surface area contributed by atoms with Crippen molar-refractivity contribution in [3.8, 4) is 10.6 Å². The number of rotatable bonds is 4. The molecule has 1 heterocycles. The highest BCUT2D eigenvalue weighted by molar-refractivity contribution is 14.0. The number of nitrogens with one attached hydrogen (secondary N) is 2. The van der Waals surface area contributed by atoms with Crippen LogP contribution >= 0.6 is 35.3 Å². The van der Waals surface area contributed by atoms with Crippen LogP contribution in [0.2, 0.25) is 0 Å². The molecule has 0 saturated carbocycles. The summed E-state index contributed by atoms with van der Waals surface area (Å²) in [4.78, 5) is 8.82. The molecule has 0 atom stereocenters. The third-order valence-electron chi connectivity index (χ3n) is 2.66. The average Bonchev–Trinajstić information content (AvgIpc) is 2.93. The topological polar surface area (TPSA) is 49.3 Å². The maximum atomic E-state index is 4.64. The maximum absolute atomic E-state index is 4.64. The minimum atomic E-state index is 0. The van der Waals surface area contributed by atoms with Gasteiger partial charge in [0.1, 0.15) is 5.01 Å². The Morgan fingerprint density at radius 2 is 2.00 bits per heavy atom. The van der Waals surface area contributed by atoms with Gasteiger partial charge in [0.05, 0.1) is 12.2 Å². The average molecular weight is 416 g/mol. The summed E-state index contributed by atoms with van der Waals surface area (Å²) in [6.45, 7) is 4.85. The molecule has 1 aromatic carbocycles. The van der Waals surface area contributed by atoms with Gasteiger partial charge in [0.2, 0.25) is 0 Å². The summed E-state index contributed by atoms with van der Waals surface area (Å²) in [5.74, 6) is 0.800. The van der Waals surface area contributed by atoms with Crippen molar-refractivity contribution in [3.63, 3.8) is 0 Å². The molecular weight excluding hydrogens is 395 g/mol. The zero-order valence-electron chi connectivity index (χ0n) is 12.5. The predicted molar refractivity (Wildman–Crippen MR) is 101 cm³/mol. The van der Waals surface area contributed by atoms with Gasteiger partial charge < -0.3 is 10.6 Å². The molecular formula is C15H21IN4S. The van der Waals surface area contributed by atoms with E-state index in [1.165, 1.54) is 0 Å². The van der Waals surface area contributed by atoms with Crippen LogP contribution in [0.1, 0.15) is 19.5 Å². The Morgan fingerprint density at radius 3 is 2.62 bits per heavy atom. The first-order valence-corrected chi connectivity index (χ1v) is 7.54. The Hall–Kier alpha value is -1.15. The van der Waals surface area contributed by atoms with Gasteiger partial charge in [0, 0.05) is 24.0 Å². The summed E-state index contributed by atoms with van der Waals surface area (Å²) < 4.78 is 0. The summed E-state index contributed by atoms with van der Waals surface area (Å²) in [6, 6.07) is 10.6. The largest absolute Gasteiger partial charge is 0.354 e. The number of nitrogens with zero attached hydrogens (tertiary/aromatic N) is 2. The van der Waals surface area contributed by atoms with E-state index < -0.39 is 0 Å². The molecule has 114 valence electrons. The van der Waals surface area contributed by atoms with Gasteiger partial charge in [0.25, 0.3) is 0 Å². The summed E-state index contributed by atoms with van der Waals surface area (Å²) in [5, 5.41) is 9.65. The SMILES string of the molecule is CN=C(NCc1csc(-c2ccccc2)n1)NC(C)C.I. The van der Waals surface area contributed by atoms with Crippen LogP contribution in [0.4, 0.5) is 0 Å². The van der Waals surface area contributed by atoms with Crippen molar-refractivity contribution in [2.24, 2.45) is 4.99 Å². The fourth-order valence-corrected chi connectivity index (χ4v) is 2.57. The number of halogens is 1. The van der Waals surface area contributed by atoms with Gasteiger partial charge in [-0.2, -0.15) is 0 Å². The van der Waals surface area contributed by atoms with Crippen LogP contribution in [-0.4, -0.2) is 24.0 Å². The van der Waals surface area contributed by atoms with Crippen molar-refractivity contribution in [2.75, 3.05) is 7.05 Å². The van der Waals surface area contributed by atoms with Gasteiger partial charge in [0.15, 0.2) is 5.96 Å². The van der Waals surface area contributed by atoms with E-state index in [-0.39, 0.29) is 24.0 Å². The molecule has 2 aromatic rings. The lowest BCUT2D eigenvalue weighted by Gasteiger charge is -2.13. The second-order valence-corrected chi connectivity index (χ2v) is 5.59. The molecule has 0 aliphatic rings. The van der Waals surface area contributed by atoms with Crippen LogP contribution in [0.25, 0.3) is 10.6 Å². The second-order valence-electron chi connectivity index (χ2n) is 4.73. The molecule has 2 N–H and O–H groups in total. The van der Waals surface area contributed by atoms with E-state index in [9.17, 15) is 0 Å². The number of benzene rings is 1. The number of guanidine groups is 1. The van der Waals surface area contributed by atoms with Crippen LogP contribution in [0, 0.1) is 0 Å². The highest BCUT2D eigenvalue weighted by atomic mass is 127. The molecule has 0 aliphatic carbocycles. The Morgan fingerprint density at radius 1 is 1.29 bits per heavy atom. The Labute approximate surface area is 147 Å². The van der Waals surface area contributed by atoms with Crippen molar-refractivity contribution in [1.82, 2.24) is 15.6 Å².